The summed E-state index contributed by atoms with van der Waals surface area (Å²) in [5.74, 6) is 0.233. The number of H-pyrrole nitrogens is 1. The predicted molar refractivity (Wildman–Crippen MR) is 109 cm³/mol. The van der Waals surface area contributed by atoms with E-state index in [0.717, 1.165) is 40.1 Å². The summed E-state index contributed by atoms with van der Waals surface area (Å²) < 4.78 is 0. The van der Waals surface area contributed by atoms with E-state index in [1.54, 1.807) is 12.4 Å². The van der Waals surface area contributed by atoms with Crippen LogP contribution in [-0.2, 0) is 5.60 Å². The van der Waals surface area contributed by atoms with Gasteiger partial charge in [-0.3, -0.25) is 0 Å². The van der Waals surface area contributed by atoms with Crippen LogP contribution in [0.5, 0.6) is 0 Å². The number of aromatic amines is 1. The van der Waals surface area contributed by atoms with Crippen LogP contribution in [0.3, 0.4) is 0 Å². The van der Waals surface area contributed by atoms with Crippen LogP contribution in [-0.4, -0.2) is 38.1 Å². The fourth-order valence-electron chi connectivity index (χ4n) is 4.01. The summed E-state index contributed by atoms with van der Waals surface area (Å²) in [6.07, 6.45) is 5.99. The number of fused-ring (bicyclic) bond motifs is 1. The van der Waals surface area contributed by atoms with Gasteiger partial charge in [0.15, 0.2) is 0 Å². The summed E-state index contributed by atoms with van der Waals surface area (Å²) in [5, 5.41) is 12.2. The van der Waals surface area contributed by atoms with Crippen molar-refractivity contribution in [1.82, 2.24) is 19.9 Å². The van der Waals surface area contributed by atoms with Crippen molar-refractivity contribution in [2.45, 2.75) is 12.0 Å². The van der Waals surface area contributed by atoms with Crippen molar-refractivity contribution in [2.75, 3.05) is 23.7 Å². The lowest BCUT2D eigenvalue weighted by atomic mass is 9.93. The number of hydrogen-bond acceptors (Lipinski definition) is 6. The largest absolute Gasteiger partial charge is 0.383 e. The van der Waals surface area contributed by atoms with E-state index in [9.17, 15) is 5.11 Å². The minimum atomic E-state index is -0.868. The lowest BCUT2D eigenvalue weighted by molar-refractivity contribution is 0.0607. The summed E-state index contributed by atoms with van der Waals surface area (Å²) in [5.41, 5.74) is 9.31. The van der Waals surface area contributed by atoms with E-state index in [2.05, 4.69) is 24.8 Å². The monoisotopic (exact) mass is 372 g/mol. The molecule has 4 N–H and O–H groups in total. The van der Waals surface area contributed by atoms with E-state index < -0.39 is 5.60 Å². The maximum absolute atomic E-state index is 11.2. The lowest BCUT2D eigenvalue weighted by Gasteiger charge is -2.25. The van der Waals surface area contributed by atoms with Crippen molar-refractivity contribution in [2.24, 2.45) is 0 Å². The zero-order valence-electron chi connectivity index (χ0n) is 15.2. The Morgan fingerprint density at radius 2 is 1.89 bits per heavy atom. The standard InChI is InChI=1S/C21H20N6O/c22-20-24-9-6-16(26-20)15-12-25-19-18(15)17(7-10-23-19)27-11-8-21(28,13-27)14-4-2-1-3-5-14/h1-7,9-10,12,28H,8,11,13H2,(H,23,25)(H2,22,24,26). The van der Waals surface area contributed by atoms with Crippen LogP contribution in [0, 0.1) is 0 Å². The van der Waals surface area contributed by atoms with Crippen LogP contribution in [0.25, 0.3) is 22.3 Å². The number of benzene rings is 1. The van der Waals surface area contributed by atoms with E-state index in [1.807, 2.05) is 48.7 Å². The molecule has 0 saturated carbocycles. The summed E-state index contributed by atoms with van der Waals surface area (Å²) >= 11 is 0. The number of aromatic nitrogens is 4. The zero-order chi connectivity index (χ0) is 19.1. The average Bonchev–Trinajstić information content (AvgIpc) is 3.33. The van der Waals surface area contributed by atoms with E-state index in [-0.39, 0.29) is 5.95 Å². The van der Waals surface area contributed by atoms with Gasteiger partial charge in [0.05, 0.1) is 23.3 Å². The molecule has 1 aliphatic heterocycles. The molecule has 7 heteroatoms. The van der Waals surface area contributed by atoms with Crippen molar-refractivity contribution in [3.05, 3.63) is 66.6 Å². The number of hydrogen-bond donors (Lipinski definition) is 3. The highest BCUT2D eigenvalue weighted by atomic mass is 16.3. The molecule has 5 rings (SSSR count). The Labute approximate surface area is 161 Å². The van der Waals surface area contributed by atoms with Gasteiger partial charge in [-0.25, -0.2) is 15.0 Å². The molecule has 28 heavy (non-hydrogen) atoms. The van der Waals surface area contributed by atoms with Gasteiger partial charge in [0, 0.05) is 30.7 Å². The van der Waals surface area contributed by atoms with Gasteiger partial charge < -0.3 is 20.7 Å². The number of β-amino-alcohol motifs (C(OH)–C–C–N with tert-alkyl or cyclic N) is 1. The molecule has 1 aliphatic rings. The van der Waals surface area contributed by atoms with Crippen molar-refractivity contribution in [1.29, 1.82) is 0 Å². The van der Waals surface area contributed by atoms with Crippen LogP contribution in [0.1, 0.15) is 12.0 Å². The Balaban J connectivity index is 1.58. The number of aliphatic hydroxyl groups is 1. The van der Waals surface area contributed by atoms with Gasteiger partial charge in [-0.2, -0.15) is 0 Å². The molecule has 4 heterocycles. The molecule has 0 spiro atoms. The summed E-state index contributed by atoms with van der Waals surface area (Å²) in [7, 11) is 0. The van der Waals surface area contributed by atoms with Gasteiger partial charge in [-0.05, 0) is 24.1 Å². The second-order valence-electron chi connectivity index (χ2n) is 7.13. The molecule has 3 aromatic heterocycles. The number of nitrogens with one attached hydrogen (secondary N) is 1. The van der Waals surface area contributed by atoms with Crippen molar-refractivity contribution in [3.63, 3.8) is 0 Å². The molecule has 0 radical (unpaired) electrons. The zero-order valence-corrected chi connectivity index (χ0v) is 15.2. The quantitative estimate of drug-likeness (QED) is 0.511. The maximum Gasteiger partial charge on any atom is 0.220 e. The molecular weight excluding hydrogens is 352 g/mol. The number of nitrogen functional groups attached to an aromatic ring is 1. The summed E-state index contributed by atoms with van der Waals surface area (Å²) in [6, 6.07) is 13.7. The minimum absolute atomic E-state index is 0.233. The molecule has 4 aromatic rings. The predicted octanol–water partition coefficient (Wildman–Crippen LogP) is 2.70. The van der Waals surface area contributed by atoms with Crippen LogP contribution in [0.4, 0.5) is 11.6 Å². The summed E-state index contributed by atoms with van der Waals surface area (Å²) in [6.45, 7) is 1.27. The third kappa shape index (κ3) is 2.68. The smallest absolute Gasteiger partial charge is 0.220 e. The third-order valence-corrected chi connectivity index (χ3v) is 5.40. The van der Waals surface area contributed by atoms with Crippen molar-refractivity contribution < 1.29 is 5.11 Å². The highest BCUT2D eigenvalue weighted by molar-refractivity contribution is 6.02. The van der Waals surface area contributed by atoms with Gasteiger partial charge >= 0.3 is 0 Å². The Bertz CT molecular complexity index is 1140. The van der Waals surface area contributed by atoms with Gasteiger partial charge in [0.1, 0.15) is 11.2 Å². The first-order valence-corrected chi connectivity index (χ1v) is 9.22. The first-order chi connectivity index (χ1) is 13.6. The van der Waals surface area contributed by atoms with Gasteiger partial charge in [0.2, 0.25) is 5.95 Å². The fraction of sp³-hybridized carbons (Fsp3) is 0.190. The third-order valence-electron chi connectivity index (χ3n) is 5.40. The normalized spacial score (nSPS) is 19.4. The Morgan fingerprint density at radius 1 is 1.07 bits per heavy atom. The van der Waals surface area contributed by atoms with E-state index in [4.69, 9.17) is 5.73 Å². The molecule has 1 saturated heterocycles. The number of rotatable bonds is 3. The van der Waals surface area contributed by atoms with Crippen molar-refractivity contribution in [3.8, 4) is 11.3 Å². The summed E-state index contributed by atoms with van der Waals surface area (Å²) in [4.78, 5) is 18.2. The second kappa shape index (κ2) is 6.31. The molecule has 1 aromatic carbocycles. The molecule has 140 valence electrons. The Kier molecular flexibility index (Phi) is 3.77. The number of nitrogens with two attached hydrogens (primary N) is 1. The fourth-order valence-corrected chi connectivity index (χ4v) is 4.01. The molecule has 7 nitrogen and oxygen atoms in total. The van der Waals surface area contributed by atoms with Gasteiger partial charge in [0.25, 0.3) is 0 Å². The van der Waals surface area contributed by atoms with E-state index in [0.29, 0.717) is 13.0 Å². The second-order valence-corrected chi connectivity index (χ2v) is 7.13. The van der Waals surface area contributed by atoms with E-state index in [1.165, 1.54) is 0 Å². The molecule has 0 aliphatic carbocycles. The maximum atomic E-state index is 11.2. The first-order valence-electron chi connectivity index (χ1n) is 9.22. The highest BCUT2D eigenvalue weighted by Crippen LogP contribution is 2.39. The minimum Gasteiger partial charge on any atom is -0.383 e. The molecule has 1 atom stereocenters. The van der Waals surface area contributed by atoms with Crippen LogP contribution in [0.2, 0.25) is 0 Å². The first kappa shape index (κ1) is 16.7. The topological polar surface area (TPSA) is 104 Å². The van der Waals surface area contributed by atoms with Crippen LogP contribution < -0.4 is 10.6 Å². The molecule has 0 amide bonds. The molecule has 1 unspecified atom stereocenters. The van der Waals surface area contributed by atoms with Gasteiger partial charge in [-0.1, -0.05) is 30.3 Å². The SMILES string of the molecule is Nc1nccc(-c2c[nH]c3nccc(N4CCC(O)(c5ccccc5)C4)c23)n1. The number of nitrogens with zero attached hydrogens (tertiary/aromatic N) is 4. The molecule has 0 bridgehead atoms. The number of pyridine rings is 1. The Hall–Kier alpha value is -3.45. The number of anilines is 2. The van der Waals surface area contributed by atoms with Crippen molar-refractivity contribution >= 4 is 22.7 Å². The Morgan fingerprint density at radius 3 is 2.71 bits per heavy atom. The average molecular weight is 372 g/mol. The molecule has 1 fully saturated rings. The molecular formula is C21H20N6O. The van der Waals surface area contributed by atoms with Gasteiger partial charge in [-0.15, -0.1) is 0 Å². The van der Waals surface area contributed by atoms with Crippen LogP contribution >= 0.6 is 0 Å². The van der Waals surface area contributed by atoms with E-state index >= 15 is 0 Å². The highest BCUT2D eigenvalue weighted by Gasteiger charge is 2.38. The van der Waals surface area contributed by atoms with Crippen LogP contribution in [0.15, 0.2) is 61.1 Å². The lowest BCUT2D eigenvalue weighted by Crippen LogP contribution is -2.30.